The maximum absolute atomic E-state index is 12.9. The minimum Gasteiger partial charge on any atom is -0.351 e. The van der Waals surface area contributed by atoms with Gasteiger partial charge in [-0.2, -0.15) is 0 Å². The Kier molecular flexibility index (Phi) is 7.19. The Morgan fingerprint density at radius 1 is 1.12 bits per heavy atom. The molecule has 34 heavy (non-hydrogen) atoms. The predicted octanol–water partition coefficient (Wildman–Crippen LogP) is 4.76. The molecule has 3 aromatic rings. The molecule has 1 aromatic heterocycles. The summed E-state index contributed by atoms with van der Waals surface area (Å²) in [5, 5.41) is 3.21. The molecule has 1 saturated heterocycles. The Balaban J connectivity index is 1.68. The van der Waals surface area contributed by atoms with Gasteiger partial charge in [0.1, 0.15) is 0 Å². The maximum Gasteiger partial charge on any atom is 0.233 e. The lowest BCUT2D eigenvalue weighted by Crippen LogP contribution is -2.40. The summed E-state index contributed by atoms with van der Waals surface area (Å²) >= 11 is 1.39. The van der Waals surface area contributed by atoms with Crippen molar-refractivity contribution in [2.75, 3.05) is 11.5 Å². The van der Waals surface area contributed by atoms with Crippen LogP contribution in [0.4, 0.5) is 0 Å². The molecule has 6 nitrogen and oxygen atoms in total. The van der Waals surface area contributed by atoms with Crippen LogP contribution in [0.2, 0.25) is 0 Å². The van der Waals surface area contributed by atoms with Gasteiger partial charge in [-0.3, -0.25) is 9.36 Å². The number of carbonyl (C=O) groups excluding carboxylic acids is 1. The van der Waals surface area contributed by atoms with Gasteiger partial charge in [-0.15, -0.1) is 0 Å². The first-order valence-electron chi connectivity index (χ1n) is 11.6. The zero-order chi connectivity index (χ0) is 24.5. The van der Waals surface area contributed by atoms with Crippen LogP contribution in [0.5, 0.6) is 0 Å². The number of nitrogens with one attached hydrogen (secondary N) is 1. The highest BCUT2D eigenvalue weighted by Crippen LogP contribution is 2.35. The summed E-state index contributed by atoms with van der Waals surface area (Å²) in [6, 6.07) is 16.3. The fourth-order valence-electron chi connectivity index (χ4n) is 4.20. The first-order chi connectivity index (χ1) is 16.1. The number of amides is 1. The number of carbonyl (C=O) groups is 1. The molecule has 0 bridgehead atoms. The molecule has 1 aliphatic heterocycles. The van der Waals surface area contributed by atoms with E-state index in [1.807, 2.05) is 25.3 Å². The summed E-state index contributed by atoms with van der Waals surface area (Å²) < 4.78 is 25.7. The van der Waals surface area contributed by atoms with Gasteiger partial charge in [-0.1, -0.05) is 73.6 Å². The molecule has 0 saturated carbocycles. The third-order valence-corrected chi connectivity index (χ3v) is 8.94. The van der Waals surface area contributed by atoms with Gasteiger partial charge in [-0.05, 0) is 37.8 Å². The number of rotatable bonds is 7. The number of aromatic nitrogens is 2. The highest BCUT2D eigenvalue weighted by Gasteiger charge is 2.31. The van der Waals surface area contributed by atoms with Gasteiger partial charge in [0.15, 0.2) is 15.0 Å². The molecule has 2 heterocycles. The average Bonchev–Trinajstić information content (AvgIpc) is 3.36. The molecule has 2 aromatic carbocycles. The second-order valence-corrected chi connectivity index (χ2v) is 12.7. The minimum atomic E-state index is -3.05. The van der Waals surface area contributed by atoms with E-state index in [1.54, 1.807) is 0 Å². The quantitative estimate of drug-likeness (QED) is 0.476. The van der Waals surface area contributed by atoms with E-state index < -0.39 is 15.1 Å². The van der Waals surface area contributed by atoms with Crippen LogP contribution < -0.4 is 5.32 Å². The summed E-state index contributed by atoms with van der Waals surface area (Å²) in [4.78, 5) is 17.6. The van der Waals surface area contributed by atoms with E-state index in [0.29, 0.717) is 12.3 Å². The summed E-state index contributed by atoms with van der Waals surface area (Å²) in [7, 11) is -3.05. The number of para-hydroxylation sites is 1. The van der Waals surface area contributed by atoms with Crippen LogP contribution in [0.25, 0.3) is 16.9 Å². The number of aryl methyl sites for hydroxylation is 1. The van der Waals surface area contributed by atoms with Crippen LogP contribution in [-0.2, 0) is 14.6 Å². The first kappa shape index (κ1) is 24.5. The van der Waals surface area contributed by atoms with Gasteiger partial charge < -0.3 is 5.32 Å². The Morgan fingerprint density at radius 2 is 1.82 bits per heavy atom. The summed E-state index contributed by atoms with van der Waals surface area (Å²) in [6.45, 7) is 8.23. The molecule has 0 aliphatic carbocycles. The van der Waals surface area contributed by atoms with Crippen molar-refractivity contribution in [1.29, 1.82) is 0 Å². The number of thioether (sulfide) groups is 1. The largest absolute Gasteiger partial charge is 0.351 e. The molecule has 180 valence electrons. The molecule has 2 unspecified atom stereocenters. The van der Waals surface area contributed by atoms with E-state index in [2.05, 4.69) is 67.1 Å². The molecule has 0 radical (unpaired) electrons. The van der Waals surface area contributed by atoms with Crippen molar-refractivity contribution in [3.8, 4) is 16.9 Å². The highest BCUT2D eigenvalue weighted by atomic mass is 32.2. The second-order valence-electron chi connectivity index (χ2n) is 9.21. The first-order valence-corrected chi connectivity index (χ1v) is 14.3. The number of nitrogens with zero attached hydrogens (tertiary/aromatic N) is 2. The number of benzene rings is 2. The Hall–Kier alpha value is -2.58. The van der Waals surface area contributed by atoms with Crippen LogP contribution in [-0.4, -0.2) is 46.7 Å². The van der Waals surface area contributed by atoms with Crippen molar-refractivity contribution in [1.82, 2.24) is 14.9 Å². The van der Waals surface area contributed by atoms with Gasteiger partial charge in [0.2, 0.25) is 5.91 Å². The van der Waals surface area contributed by atoms with Crippen molar-refractivity contribution in [3.63, 3.8) is 0 Å². The zero-order valence-electron chi connectivity index (χ0n) is 20.0. The van der Waals surface area contributed by atoms with E-state index in [4.69, 9.17) is 4.98 Å². The van der Waals surface area contributed by atoms with Crippen molar-refractivity contribution >= 4 is 27.5 Å². The van der Waals surface area contributed by atoms with Crippen molar-refractivity contribution in [2.24, 2.45) is 0 Å². The lowest BCUT2D eigenvalue weighted by molar-refractivity contribution is -0.120. The predicted molar refractivity (Wildman–Crippen MR) is 138 cm³/mol. The lowest BCUT2D eigenvalue weighted by Gasteiger charge is -2.20. The van der Waals surface area contributed by atoms with Crippen LogP contribution in [0, 0.1) is 6.92 Å². The highest BCUT2D eigenvalue weighted by molar-refractivity contribution is 8.00. The number of imidazole rings is 1. The summed E-state index contributed by atoms with van der Waals surface area (Å²) in [6.07, 6.45) is 2.33. The van der Waals surface area contributed by atoms with Gasteiger partial charge in [0.25, 0.3) is 0 Å². The van der Waals surface area contributed by atoms with E-state index in [-0.39, 0.29) is 23.5 Å². The Labute approximate surface area is 206 Å². The fraction of sp³-hybridized carbons (Fsp3) is 0.385. The van der Waals surface area contributed by atoms with Crippen molar-refractivity contribution < 1.29 is 13.2 Å². The SMILES string of the molecule is Cc1ccc(-c2cnc(SC(C)C(=O)NC3CCS(=O)(=O)C3)n2-c2ccccc2C(C)C)cc1. The smallest absolute Gasteiger partial charge is 0.233 e. The van der Waals surface area contributed by atoms with Crippen molar-refractivity contribution in [3.05, 3.63) is 65.9 Å². The molecule has 1 aliphatic rings. The molecule has 0 spiro atoms. The Morgan fingerprint density at radius 3 is 2.47 bits per heavy atom. The summed E-state index contributed by atoms with van der Waals surface area (Å²) in [5.74, 6) is 0.294. The maximum atomic E-state index is 12.9. The van der Waals surface area contributed by atoms with E-state index in [0.717, 1.165) is 22.1 Å². The molecule has 1 N–H and O–H groups in total. The number of hydrogen-bond acceptors (Lipinski definition) is 5. The van der Waals surface area contributed by atoms with Crippen molar-refractivity contribution in [2.45, 2.75) is 56.5 Å². The van der Waals surface area contributed by atoms with E-state index >= 15 is 0 Å². The second kappa shape index (κ2) is 9.96. The molecular weight excluding hydrogens is 466 g/mol. The van der Waals surface area contributed by atoms with Crippen LogP contribution in [0.1, 0.15) is 44.2 Å². The van der Waals surface area contributed by atoms with Gasteiger partial charge in [-0.25, -0.2) is 13.4 Å². The van der Waals surface area contributed by atoms with E-state index in [1.165, 1.54) is 22.9 Å². The van der Waals surface area contributed by atoms with Gasteiger partial charge >= 0.3 is 0 Å². The van der Waals surface area contributed by atoms with E-state index in [9.17, 15) is 13.2 Å². The molecule has 4 rings (SSSR count). The third-order valence-electron chi connectivity index (χ3n) is 6.11. The van der Waals surface area contributed by atoms with Gasteiger partial charge in [0.05, 0.1) is 34.3 Å². The standard InChI is InChI=1S/C26H31N3O3S2/c1-17(2)22-7-5-6-8-23(22)29-24(20-11-9-18(3)10-12-20)15-27-26(29)33-19(4)25(30)28-21-13-14-34(31,32)16-21/h5-12,15,17,19,21H,13-14,16H2,1-4H3,(H,28,30). The zero-order valence-corrected chi connectivity index (χ0v) is 21.6. The van der Waals surface area contributed by atoms with Crippen LogP contribution in [0.15, 0.2) is 59.9 Å². The molecule has 2 atom stereocenters. The Bertz CT molecular complexity index is 1280. The topological polar surface area (TPSA) is 81.1 Å². The fourth-order valence-corrected chi connectivity index (χ4v) is 6.78. The monoisotopic (exact) mass is 497 g/mol. The summed E-state index contributed by atoms with van der Waals surface area (Å²) in [5.41, 5.74) is 5.44. The molecule has 1 fully saturated rings. The van der Waals surface area contributed by atoms with Gasteiger partial charge in [0, 0.05) is 11.6 Å². The third kappa shape index (κ3) is 5.39. The average molecular weight is 498 g/mol. The number of sulfone groups is 1. The molecule has 1 amide bonds. The minimum absolute atomic E-state index is 0.0179. The van der Waals surface area contributed by atoms with Crippen LogP contribution >= 0.6 is 11.8 Å². The number of hydrogen-bond donors (Lipinski definition) is 1. The lowest BCUT2D eigenvalue weighted by atomic mass is 10.0. The van der Waals surface area contributed by atoms with Crippen LogP contribution in [0.3, 0.4) is 0 Å². The molecule has 8 heteroatoms. The molecular formula is C26H31N3O3S2. The normalized spacial score (nSPS) is 18.2.